The molecule has 0 aliphatic carbocycles. The third-order valence-electron chi connectivity index (χ3n) is 2.03. The molecule has 1 aromatic rings. The van der Waals surface area contributed by atoms with Gasteiger partial charge in [0.05, 0.1) is 0 Å². The van der Waals surface area contributed by atoms with E-state index in [-0.39, 0.29) is 4.47 Å². The zero-order valence-corrected chi connectivity index (χ0v) is 11.6. The van der Waals surface area contributed by atoms with Gasteiger partial charge >= 0.3 is 0 Å². The van der Waals surface area contributed by atoms with Gasteiger partial charge in [-0.1, -0.05) is 0 Å². The molecule has 0 aliphatic heterocycles. The molecule has 1 atom stereocenters. The Balaban J connectivity index is 3.05. The fourth-order valence-corrected chi connectivity index (χ4v) is 3.35. The van der Waals surface area contributed by atoms with Crippen molar-refractivity contribution in [2.75, 3.05) is 6.54 Å². The Morgan fingerprint density at radius 3 is 2.53 bits per heavy atom. The molecule has 10 heteroatoms. The van der Waals surface area contributed by atoms with Crippen LogP contribution in [0.15, 0.2) is 21.5 Å². The third-order valence-corrected chi connectivity index (χ3v) is 4.41. The quantitative estimate of drug-likeness (QED) is 0.679. The van der Waals surface area contributed by atoms with Gasteiger partial charge in [-0.15, -0.1) is 0 Å². The number of nitrogens with one attached hydrogen (secondary N) is 1. The summed E-state index contributed by atoms with van der Waals surface area (Å²) in [5.41, 5.74) is 4.73. The minimum Gasteiger partial charge on any atom is -0.382 e. The topological polar surface area (TPSA) is 109 Å². The zero-order chi connectivity index (χ0) is 14.8. The molecular formula is C9H9BrF2N2O4S. The number of benzene rings is 1. The van der Waals surface area contributed by atoms with Crippen molar-refractivity contribution in [3.63, 3.8) is 0 Å². The van der Waals surface area contributed by atoms with Gasteiger partial charge in [0.1, 0.15) is 22.6 Å². The van der Waals surface area contributed by atoms with Gasteiger partial charge in [-0.3, -0.25) is 4.79 Å². The van der Waals surface area contributed by atoms with Gasteiger partial charge in [0.15, 0.2) is 0 Å². The zero-order valence-electron chi connectivity index (χ0n) is 9.23. The number of hydrogen-bond donors (Lipinski definition) is 3. The molecule has 19 heavy (non-hydrogen) atoms. The second-order valence-electron chi connectivity index (χ2n) is 3.47. The lowest BCUT2D eigenvalue weighted by molar-refractivity contribution is -0.125. The SMILES string of the molecule is NC(=O)C(O)CNS(=O)(=O)c1c(F)cc(F)cc1Br. The van der Waals surface area contributed by atoms with E-state index in [0.717, 1.165) is 6.07 Å². The van der Waals surface area contributed by atoms with Crippen LogP contribution in [0.2, 0.25) is 0 Å². The van der Waals surface area contributed by atoms with Crippen molar-refractivity contribution in [1.29, 1.82) is 0 Å². The van der Waals surface area contributed by atoms with E-state index in [2.05, 4.69) is 15.9 Å². The largest absolute Gasteiger partial charge is 0.382 e. The molecule has 0 heterocycles. The highest BCUT2D eigenvalue weighted by Gasteiger charge is 2.25. The van der Waals surface area contributed by atoms with Crippen LogP contribution in [0.1, 0.15) is 0 Å². The first kappa shape index (κ1) is 16.0. The van der Waals surface area contributed by atoms with E-state index >= 15 is 0 Å². The molecule has 0 radical (unpaired) electrons. The van der Waals surface area contributed by atoms with Crippen LogP contribution in [0.3, 0.4) is 0 Å². The summed E-state index contributed by atoms with van der Waals surface area (Å²) in [6, 6.07) is 1.16. The predicted molar refractivity (Wildman–Crippen MR) is 64.4 cm³/mol. The van der Waals surface area contributed by atoms with Gasteiger partial charge in [-0.2, -0.15) is 0 Å². The van der Waals surface area contributed by atoms with Crippen LogP contribution in [-0.2, 0) is 14.8 Å². The Morgan fingerprint density at radius 1 is 1.47 bits per heavy atom. The van der Waals surface area contributed by atoms with Crippen molar-refractivity contribution in [3.05, 3.63) is 28.2 Å². The summed E-state index contributed by atoms with van der Waals surface area (Å²) in [6.45, 7) is -0.721. The summed E-state index contributed by atoms with van der Waals surface area (Å²) < 4.78 is 51.2. The van der Waals surface area contributed by atoms with E-state index in [1.165, 1.54) is 0 Å². The molecule has 1 rings (SSSR count). The summed E-state index contributed by atoms with van der Waals surface area (Å²) in [6.07, 6.45) is -1.75. The normalized spacial score (nSPS) is 13.3. The van der Waals surface area contributed by atoms with E-state index in [1.54, 1.807) is 4.72 Å². The average Bonchev–Trinajstić information content (AvgIpc) is 2.23. The molecule has 4 N–H and O–H groups in total. The van der Waals surface area contributed by atoms with Gasteiger partial charge in [-0.05, 0) is 22.0 Å². The van der Waals surface area contributed by atoms with Crippen LogP contribution in [0.25, 0.3) is 0 Å². The maximum atomic E-state index is 13.4. The Bertz CT molecular complexity index is 585. The summed E-state index contributed by atoms with van der Waals surface area (Å²) in [5.74, 6) is -3.41. The molecule has 0 saturated heterocycles. The number of carbonyl (C=O) groups is 1. The van der Waals surface area contributed by atoms with Crippen molar-refractivity contribution < 1.29 is 27.1 Å². The van der Waals surface area contributed by atoms with Crippen molar-refractivity contribution >= 4 is 31.9 Å². The van der Waals surface area contributed by atoms with Gasteiger partial charge < -0.3 is 10.8 Å². The number of primary amides is 1. The lowest BCUT2D eigenvalue weighted by Crippen LogP contribution is -2.40. The molecule has 106 valence electrons. The monoisotopic (exact) mass is 358 g/mol. The third kappa shape index (κ3) is 3.93. The molecule has 0 fully saturated rings. The summed E-state index contributed by atoms with van der Waals surface area (Å²) in [7, 11) is -4.37. The minimum absolute atomic E-state index is 0.328. The van der Waals surface area contributed by atoms with Crippen LogP contribution in [0.5, 0.6) is 0 Å². The second kappa shape index (κ2) is 5.90. The Morgan fingerprint density at radius 2 is 2.05 bits per heavy atom. The highest BCUT2D eigenvalue weighted by molar-refractivity contribution is 9.10. The first-order chi connectivity index (χ1) is 8.65. The van der Waals surface area contributed by atoms with Crippen molar-refractivity contribution in [2.45, 2.75) is 11.0 Å². The molecule has 0 saturated carbocycles. The lowest BCUT2D eigenvalue weighted by Gasteiger charge is -2.11. The van der Waals surface area contributed by atoms with Crippen LogP contribution < -0.4 is 10.5 Å². The molecule has 0 aliphatic rings. The minimum atomic E-state index is -4.37. The fourth-order valence-electron chi connectivity index (χ4n) is 1.15. The highest BCUT2D eigenvalue weighted by Crippen LogP contribution is 2.25. The van der Waals surface area contributed by atoms with E-state index in [4.69, 9.17) is 10.8 Å². The molecular weight excluding hydrogens is 350 g/mol. The smallest absolute Gasteiger partial charge is 0.247 e. The standard InChI is InChI=1S/C9H9BrF2N2O4S/c10-5-1-4(11)2-6(12)8(5)19(17,18)14-3-7(15)9(13)16/h1-2,7,14-15H,3H2,(H2,13,16). The summed E-state index contributed by atoms with van der Waals surface area (Å²) in [4.78, 5) is 9.71. The van der Waals surface area contributed by atoms with Crippen LogP contribution in [-0.4, -0.2) is 32.1 Å². The molecule has 0 aromatic heterocycles. The van der Waals surface area contributed by atoms with E-state index in [9.17, 15) is 22.0 Å². The van der Waals surface area contributed by atoms with Crippen molar-refractivity contribution in [3.8, 4) is 0 Å². The maximum Gasteiger partial charge on any atom is 0.247 e. The number of halogens is 3. The Labute approximate surface area is 115 Å². The van der Waals surface area contributed by atoms with E-state index < -0.39 is 45.1 Å². The Hall–Kier alpha value is -1.10. The van der Waals surface area contributed by atoms with E-state index in [1.807, 2.05) is 0 Å². The van der Waals surface area contributed by atoms with Crippen LogP contribution in [0, 0.1) is 11.6 Å². The number of amides is 1. The number of aliphatic hydroxyl groups excluding tert-OH is 1. The average molecular weight is 359 g/mol. The Kier molecular flexibility index (Phi) is 4.96. The number of nitrogens with two attached hydrogens (primary N) is 1. The predicted octanol–water partition coefficient (Wildman–Crippen LogP) is -0.148. The molecule has 0 bridgehead atoms. The molecule has 0 spiro atoms. The number of rotatable bonds is 5. The number of hydrogen-bond acceptors (Lipinski definition) is 4. The van der Waals surface area contributed by atoms with E-state index in [0.29, 0.717) is 6.07 Å². The fraction of sp³-hybridized carbons (Fsp3) is 0.222. The van der Waals surface area contributed by atoms with Gasteiger partial charge in [-0.25, -0.2) is 21.9 Å². The van der Waals surface area contributed by atoms with Gasteiger partial charge in [0.25, 0.3) is 0 Å². The first-order valence-corrected chi connectivity index (χ1v) is 7.04. The van der Waals surface area contributed by atoms with Crippen molar-refractivity contribution in [1.82, 2.24) is 4.72 Å². The van der Waals surface area contributed by atoms with Crippen LogP contribution >= 0.6 is 15.9 Å². The molecule has 6 nitrogen and oxygen atoms in total. The van der Waals surface area contributed by atoms with Crippen LogP contribution in [0.4, 0.5) is 8.78 Å². The molecule has 1 unspecified atom stereocenters. The first-order valence-electron chi connectivity index (χ1n) is 4.76. The number of aliphatic hydroxyl groups is 1. The summed E-state index contributed by atoms with van der Waals surface area (Å²) >= 11 is 2.72. The summed E-state index contributed by atoms with van der Waals surface area (Å²) in [5, 5.41) is 9.05. The highest BCUT2D eigenvalue weighted by atomic mass is 79.9. The number of sulfonamides is 1. The molecule has 1 amide bonds. The lowest BCUT2D eigenvalue weighted by atomic mass is 10.3. The second-order valence-corrected chi connectivity index (χ2v) is 6.03. The van der Waals surface area contributed by atoms with Gasteiger partial charge in [0.2, 0.25) is 15.9 Å². The van der Waals surface area contributed by atoms with Crippen molar-refractivity contribution in [2.24, 2.45) is 5.73 Å². The maximum absolute atomic E-state index is 13.4. The van der Waals surface area contributed by atoms with Gasteiger partial charge in [0, 0.05) is 17.1 Å². The number of carbonyl (C=O) groups excluding carboxylic acids is 1. The molecule has 1 aromatic carbocycles.